The van der Waals surface area contributed by atoms with Crippen LogP contribution in [-0.2, 0) is 11.2 Å². The zero-order chi connectivity index (χ0) is 14.8. The van der Waals surface area contributed by atoms with Crippen LogP contribution in [0.25, 0.3) is 0 Å². The smallest absolute Gasteiger partial charge is 0.163 e. The molecule has 0 aliphatic heterocycles. The third-order valence-electron chi connectivity index (χ3n) is 3.14. The van der Waals surface area contributed by atoms with Crippen molar-refractivity contribution in [1.29, 1.82) is 0 Å². The van der Waals surface area contributed by atoms with E-state index in [9.17, 15) is 4.79 Å². The lowest BCUT2D eigenvalue weighted by Gasteiger charge is -2.24. The van der Waals surface area contributed by atoms with Gasteiger partial charge in [0.2, 0.25) is 0 Å². The van der Waals surface area contributed by atoms with Crippen LogP contribution in [0, 0.1) is 5.41 Å². The summed E-state index contributed by atoms with van der Waals surface area (Å²) in [7, 11) is 0. The monoisotopic (exact) mass is 291 g/mol. The molecule has 1 aromatic heterocycles. The van der Waals surface area contributed by atoms with Crippen molar-refractivity contribution >= 4 is 17.4 Å². The van der Waals surface area contributed by atoms with Crippen LogP contribution in [0.1, 0.15) is 32.4 Å². The molecule has 0 aliphatic rings. The maximum Gasteiger partial charge on any atom is 0.163 e. The van der Waals surface area contributed by atoms with E-state index < -0.39 is 5.41 Å². The van der Waals surface area contributed by atoms with Crippen molar-refractivity contribution in [3.63, 3.8) is 0 Å². The molecule has 106 valence electrons. The van der Waals surface area contributed by atoms with E-state index in [1.54, 1.807) is 17.1 Å². The highest BCUT2D eigenvalue weighted by Gasteiger charge is 2.31. The highest BCUT2D eigenvalue weighted by molar-refractivity contribution is 6.30. The number of ketones is 1. The van der Waals surface area contributed by atoms with E-state index in [-0.39, 0.29) is 11.8 Å². The first-order chi connectivity index (χ1) is 9.38. The summed E-state index contributed by atoms with van der Waals surface area (Å²) in [6.45, 7) is 5.75. The zero-order valence-corrected chi connectivity index (χ0v) is 12.6. The average Bonchev–Trinajstić information content (AvgIpc) is 2.90. The van der Waals surface area contributed by atoms with Crippen molar-refractivity contribution in [2.75, 3.05) is 0 Å². The normalized spacial score (nSPS) is 13.2. The van der Waals surface area contributed by atoms with Gasteiger partial charge in [-0.05, 0) is 17.7 Å². The second kappa shape index (κ2) is 5.75. The number of hydrogen-bond acceptors (Lipinski definition) is 3. The molecule has 4 nitrogen and oxygen atoms in total. The Kier molecular flexibility index (Phi) is 4.23. The number of carbonyl (C=O) groups excluding carboxylic acids is 1. The van der Waals surface area contributed by atoms with Crippen LogP contribution in [0.15, 0.2) is 36.7 Å². The van der Waals surface area contributed by atoms with Gasteiger partial charge in [0.25, 0.3) is 0 Å². The molecule has 1 aromatic carbocycles. The summed E-state index contributed by atoms with van der Waals surface area (Å²) >= 11 is 5.89. The van der Waals surface area contributed by atoms with E-state index in [4.69, 9.17) is 11.6 Å². The topological polar surface area (TPSA) is 47.8 Å². The minimum Gasteiger partial charge on any atom is -0.297 e. The Bertz CT molecular complexity index is 570. The molecule has 2 rings (SSSR count). The van der Waals surface area contributed by atoms with Crippen LogP contribution < -0.4 is 0 Å². The van der Waals surface area contributed by atoms with Crippen LogP contribution in [-0.4, -0.2) is 20.8 Å². The Balaban J connectivity index is 2.28. The van der Waals surface area contributed by atoms with E-state index in [0.29, 0.717) is 11.4 Å². The number of aromatic nitrogens is 3. The Morgan fingerprint density at radius 2 is 1.95 bits per heavy atom. The van der Waals surface area contributed by atoms with E-state index in [2.05, 4.69) is 10.3 Å². The van der Waals surface area contributed by atoms with Crippen molar-refractivity contribution in [3.05, 3.63) is 47.2 Å². The van der Waals surface area contributed by atoms with Gasteiger partial charge in [0, 0.05) is 23.1 Å². The maximum absolute atomic E-state index is 12.6. The van der Waals surface area contributed by atoms with Gasteiger partial charge in [-0.3, -0.25) is 4.79 Å². The first-order valence-corrected chi connectivity index (χ1v) is 6.90. The summed E-state index contributed by atoms with van der Waals surface area (Å²) < 4.78 is 1.63. The van der Waals surface area contributed by atoms with Crippen molar-refractivity contribution in [1.82, 2.24) is 15.0 Å². The summed E-state index contributed by atoms with van der Waals surface area (Å²) in [5.74, 6) is 0.137. The van der Waals surface area contributed by atoms with Crippen LogP contribution in [0.3, 0.4) is 0 Å². The van der Waals surface area contributed by atoms with Gasteiger partial charge in [0.1, 0.15) is 6.04 Å². The number of halogens is 1. The number of Topliss-reactive ketones (excluding diaryl/α,β-unsaturated/α-hetero) is 1. The second-order valence-electron chi connectivity index (χ2n) is 5.84. The van der Waals surface area contributed by atoms with Gasteiger partial charge in [-0.2, -0.15) is 0 Å². The summed E-state index contributed by atoms with van der Waals surface area (Å²) in [6.07, 6.45) is 3.89. The van der Waals surface area contributed by atoms with Crippen LogP contribution in [0.4, 0.5) is 0 Å². The molecular formula is C15H18ClN3O. The number of nitrogens with zero attached hydrogens (tertiary/aromatic N) is 3. The molecule has 0 saturated heterocycles. The van der Waals surface area contributed by atoms with Crippen molar-refractivity contribution in [3.8, 4) is 0 Å². The number of benzene rings is 1. The van der Waals surface area contributed by atoms with Gasteiger partial charge in [-0.25, -0.2) is 4.68 Å². The van der Waals surface area contributed by atoms with Crippen molar-refractivity contribution in [2.45, 2.75) is 33.2 Å². The van der Waals surface area contributed by atoms with E-state index in [1.165, 1.54) is 0 Å². The number of hydrogen-bond donors (Lipinski definition) is 0. The highest BCUT2D eigenvalue weighted by Crippen LogP contribution is 2.26. The summed E-state index contributed by atoms with van der Waals surface area (Å²) in [6, 6.07) is 7.18. The standard InChI is InChI=1S/C15H18ClN3O/c1-15(2,3)14(20)13(19-9-8-17-18-19)10-11-4-6-12(16)7-5-11/h4-9,13H,10H2,1-3H3. The fraction of sp³-hybridized carbons (Fsp3) is 0.400. The summed E-state index contributed by atoms with van der Waals surface area (Å²) in [5.41, 5.74) is 0.621. The van der Waals surface area contributed by atoms with Gasteiger partial charge in [-0.1, -0.05) is 49.7 Å². The SMILES string of the molecule is CC(C)(C)C(=O)C(Cc1ccc(Cl)cc1)n1ccnn1. The quantitative estimate of drug-likeness (QED) is 0.868. The molecule has 1 heterocycles. The van der Waals surface area contributed by atoms with Gasteiger partial charge < -0.3 is 0 Å². The lowest BCUT2D eigenvalue weighted by molar-refractivity contribution is -0.130. The molecule has 20 heavy (non-hydrogen) atoms. The van der Waals surface area contributed by atoms with Crippen molar-refractivity contribution in [2.24, 2.45) is 5.41 Å². The molecule has 5 heteroatoms. The highest BCUT2D eigenvalue weighted by atomic mass is 35.5. The molecule has 1 atom stereocenters. The van der Waals surface area contributed by atoms with Crippen LogP contribution in [0.5, 0.6) is 0 Å². The summed E-state index contributed by atoms with van der Waals surface area (Å²) in [5, 5.41) is 8.48. The fourth-order valence-corrected chi connectivity index (χ4v) is 2.16. The molecule has 0 spiro atoms. The third-order valence-corrected chi connectivity index (χ3v) is 3.40. The lowest BCUT2D eigenvalue weighted by Crippen LogP contribution is -2.32. The Morgan fingerprint density at radius 3 is 2.45 bits per heavy atom. The number of rotatable bonds is 4. The van der Waals surface area contributed by atoms with E-state index >= 15 is 0 Å². The molecule has 2 aromatic rings. The summed E-state index contributed by atoms with van der Waals surface area (Å²) in [4.78, 5) is 12.6. The maximum atomic E-state index is 12.6. The van der Waals surface area contributed by atoms with Crippen LogP contribution in [0.2, 0.25) is 5.02 Å². The van der Waals surface area contributed by atoms with Gasteiger partial charge >= 0.3 is 0 Å². The first-order valence-electron chi connectivity index (χ1n) is 6.52. The molecular weight excluding hydrogens is 274 g/mol. The first kappa shape index (κ1) is 14.7. The molecule has 0 aliphatic carbocycles. The predicted molar refractivity (Wildman–Crippen MR) is 78.7 cm³/mol. The Hall–Kier alpha value is -1.68. The molecule has 1 unspecified atom stereocenters. The van der Waals surface area contributed by atoms with Gasteiger partial charge in [0.05, 0.1) is 6.20 Å². The molecule has 0 saturated carbocycles. The van der Waals surface area contributed by atoms with E-state index in [1.807, 2.05) is 45.0 Å². The lowest BCUT2D eigenvalue weighted by atomic mass is 9.84. The number of carbonyl (C=O) groups is 1. The minimum absolute atomic E-state index is 0.137. The average molecular weight is 292 g/mol. The zero-order valence-electron chi connectivity index (χ0n) is 11.9. The van der Waals surface area contributed by atoms with Crippen LogP contribution >= 0.6 is 11.6 Å². The van der Waals surface area contributed by atoms with Crippen molar-refractivity contribution < 1.29 is 4.79 Å². The molecule has 0 radical (unpaired) electrons. The molecule has 0 bridgehead atoms. The largest absolute Gasteiger partial charge is 0.297 e. The van der Waals surface area contributed by atoms with E-state index in [0.717, 1.165) is 5.56 Å². The molecule has 0 amide bonds. The third kappa shape index (κ3) is 3.45. The Morgan fingerprint density at radius 1 is 1.30 bits per heavy atom. The Labute approximate surface area is 123 Å². The van der Waals surface area contributed by atoms with Gasteiger partial charge in [-0.15, -0.1) is 5.10 Å². The van der Waals surface area contributed by atoms with Gasteiger partial charge in [0.15, 0.2) is 5.78 Å². The molecule has 0 N–H and O–H groups in total. The minimum atomic E-state index is -0.428. The molecule has 0 fully saturated rings. The second-order valence-corrected chi connectivity index (χ2v) is 6.28. The predicted octanol–water partition coefficient (Wildman–Crippen LogP) is 3.33. The fourth-order valence-electron chi connectivity index (χ4n) is 2.03.